The standard InChI is InChI=1S/C16H19N5O/c1-3-7-12-10-15(21-16(19-12)17-11-18-21)20-13-8-5-6-9-14(13)22-4-2/h5-6,8-11,20H,3-4,7H2,1-2H3. The number of anilines is 2. The molecule has 114 valence electrons. The van der Waals surface area contributed by atoms with Crippen LogP contribution in [-0.4, -0.2) is 26.2 Å². The van der Waals surface area contributed by atoms with E-state index in [1.165, 1.54) is 6.33 Å². The molecule has 0 saturated heterocycles. The molecule has 0 saturated carbocycles. The minimum atomic E-state index is 0.599. The van der Waals surface area contributed by atoms with Gasteiger partial charge in [0.15, 0.2) is 0 Å². The van der Waals surface area contributed by atoms with Gasteiger partial charge in [0.1, 0.15) is 17.9 Å². The molecule has 6 nitrogen and oxygen atoms in total. The molecule has 1 N–H and O–H groups in total. The lowest BCUT2D eigenvalue weighted by Gasteiger charge is -2.13. The van der Waals surface area contributed by atoms with Gasteiger partial charge in [0.2, 0.25) is 0 Å². The Morgan fingerprint density at radius 2 is 2.09 bits per heavy atom. The Bertz CT molecular complexity index is 768. The Morgan fingerprint density at radius 3 is 2.91 bits per heavy atom. The molecule has 0 unspecified atom stereocenters. The predicted molar refractivity (Wildman–Crippen MR) is 85.7 cm³/mol. The van der Waals surface area contributed by atoms with Gasteiger partial charge in [0, 0.05) is 11.8 Å². The summed E-state index contributed by atoms with van der Waals surface area (Å²) in [5.41, 5.74) is 1.90. The largest absolute Gasteiger partial charge is 0.492 e. The lowest BCUT2D eigenvalue weighted by atomic mass is 10.2. The summed E-state index contributed by atoms with van der Waals surface area (Å²) < 4.78 is 7.35. The Balaban J connectivity index is 2.01. The van der Waals surface area contributed by atoms with Crippen LogP contribution in [0.4, 0.5) is 11.5 Å². The maximum Gasteiger partial charge on any atom is 0.254 e. The molecular weight excluding hydrogens is 278 g/mol. The molecule has 2 aromatic heterocycles. The fourth-order valence-corrected chi connectivity index (χ4v) is 2.32. The maximum atomic E-state index is 5.66. The smallest absolute Gasteiger partial charge is 0.254 e. The molecule has 6 heteroatoms. The molecule has 0 aliphatic heterocycles. The number of para-hydroxylation sites is 2. The number of hydrogen-bond acceptors (Lipinski definition) is 5. The van der Waals surface area contributed by atoms with Gasteiger partial charge < -0.3 is 10.1 Å². The summed E-state index contributed by atoms with van der Waals surface area (Å²) in [4.78, 5) is 8.70. The van der Waals surface area contributed by atoms with Crippen LogP contribution in [0.3, 0.4) is 0 Å². The van der Waals surface area contributed by atoms with Crippen molar-refractivity contribution in [3.05, 3.63) is 42.4 Å². The van der Waals surface area contributed by atoms with Crippen LogP contribution < -0.4 is 10.1 Å². The molecule has 22 heavy (non-hydrogen) atoms. The van der Waals surface area contributed by atoms with Crippen LogP contribution in [0.25, 0.3) is 5.78 Å². The molecule has 0 radical (unpaired) electrons. The highest BCUT2D eigenvalue weighted by Crippen LogP contribution is 2.27. The van der Waals surface area contributed by atoms with E-state index in [0.29, 0.717) is 12.4 Å². The number of hydrogen-bond donors (Lipinski definition) is 1. The highest BCUT2D eigenvalue weighted by Gasteiger charge is 2.10. The number of nitrogens with zero attached hydrogens (tertiary/aromatic N) is 4. The molecule has 2 heterocycles. The molecule has 0 atom stereocenters. The Hall–Kier alpha value is -2.63. The summed E-state index contributed by atoms with van der Waals surface area (Å²) in [5, 5.41) is 7.61. The van der Waals surface area contributed by atoms with Crippen molar-refractivity contribution in [2.75, 3.05) is 11.9 Å². The van der Waals surface area contributed by atoms with E-state index in [4.69, 9.17) is 4.74 Å². The molecule has 0 aliphatic carbocycles. The zero-order chi connectivity index (χ0) is 15.4. The fraction of sp³-hybridized carbons (Fsp3) is 0.312. The third kappa shape index (κ3) is 2.86. The van der Waals surface area contributed by atoms with Crippen LogP contribution in [0.5, 0.6) is 5.75 Å². The van der Waals surface area contributed by atoms with Gasteiger partial charge in [0.25, 0.3) is 5.78 Å². The van der Waals surface area contributed by atoms with E-state index in [1.807, 2.05) is 37.3 Å². The molecule has 0 aliphatic rings. The SMILES string of the molecule is CCCc1cc(Nc2ccccc2OCC)n2ncnc2n1. The third-order valence-electron chi connectivity index (χ3n) is 3.26. The van der Waals surface area contributed by atoms with Crippen molar-refractivity contribution < 1.29 is 4.74 Å². The summed E-state index contributed by atoms with van der Waals surface area (Å²) in [5.74, 6) is 2.24. The van der Waals surface area contributed by atoms with Crippen LogP contribution in [0.15, 0.2) is 36.7 Å². The lowest BCUT2D eigenvalue weighted by molar-refractivity contribution is 0.342. The monoisotopic (exact) mass is 297 g/mol. The fourth-order valence-electron chi connectivity index (χ4n) is 2.32. The number of fused-ring (bicyclic) bond motifs is 1. The number of nitrogens with one attached hydrogen (secondary N) is 1. The van der Waals surface area contributed by atoms with Crippen molar-refractivity contribution in [2.24, 2.45) is 0 Å². The van der Waals surface area contributed by atoms with Crippen molar-refractivity contribution >= 4 is 17.3 Å². The van der Waals surface area contributed by atoms with Crippen molar-refractivity contribution in [3.8, 4) is 5.75 Å². The Kier molecular flexibility index (Phi) is 4.18. The Morgan fingerprint density at radius 1 is 1.23 bits per heavy atom. The molecule has 3 rings (SSSR count). The zero-order valence-corrected chi connectivity index (χ0v) is 12.8. The van der Waals surface area contributed by atoms with Crippen molar-refractivity contribution in [3.63, 3.8) is 0 Å². The van der Waals surface area contributed by atoms with Crippen LogP contribution in [0.2, 0.25) is 0 Å². The second-order valence-corrected chi connectivity index (χ2v) is 4.91. The van der Waals surface area contributed by atoms with Crippen molar-refractivity contribution in [1.82, 2.24) is 19.6 Å². The third-order valence-corrected chi connectivity index (χ3v) is 3.26. The second kappa shape index (κ2) is 6.43. The van der Waals surface area contributed by atoms with Crippen LogP contribution >= 0.6 is 0 Å². The van der Waals surface area contributed by atoms with Crippen molar-refractivity contribution in [2.45, 2.75) is 26.7 Å². The summed E-state index contributed by atoms with van der Waals surface area (Å²) in [6.07, 6.45) is 3.45. The summed E-state index contributed by atoms with van der Waals surface area (Å²) in [6.45, 7) is 4.72. The summed E-state index contributed by atoms with van der Waals surface area (Å²) in [7, 11) is 0. The predicted octanol–water partition coefficient (Wildman–Crippen LogP) is 3.22. The molecule has 0 bridgehead atoms. The minimum absolute atomic E-state index is 0.599. The number of rotatable bonds is 6. The van der Waals surface area contributed by atoms with E-state index < -0.39 is 0 Å². The van der Waals surface area contributed by atoms with Gasteiger partial charge >= 0.3 is 0 Å². The average molecular weight is 297 g/mol. The first-order valence-corrected chi connectivity index (χ1v) is 7.50. The van der Waals surface area contributed by atoms with E-state index in [1.54, 1.807) is 4.52 Å². The van der Waals surface area contributed by atoms with Gasteiger partial charge in [0.05, 0.1) is 12.3 Å². The van der Waals surface area contributed by atoms with Gasteiger partial charge in [-0.3, -0.25) is 0 Å². The van der Waals surface area contributed by atoms with Crippen molar-refractivity contribution in [1.29, 1.82) is 0 Å². The molecular formula is C16H19N5O. The van der Waals surface area contributed by atoms with Gasteiger partial charge in [-0.25, -0.2) is 4.98 Å². The molecule has 0 fully saturated rings. The molecule has 3 aromatic rings. The molecule has 0 amide bonds. The van der Waals surface area contributed by atoms with Gasteiger partial charge in [-0.15, -0.1) is 0 Å². The molecule has 0 spiro atoms. The Labute approximate surface area is 129 Å². The quantitative estimate of drug-likeness (QED) is 0.757. The molecule has 1 aromatic carbocycles. The van der Waals surface area contributed by atoms with E-state index >= 15 is 0 Å². The number of ether oxygens (including phenoxy) is 1. The number of aryl methyl sites for hydroxylation is 1. The highest BCUT2D eigenvalue weighted by atomic mass is 16.5. The topological polar surface area (TPSA) is 64.3 Å². The average Bonchev–Trinajstić information content (AvgIpc) is 2.98. The van der Waals surface area contributed by atoms with Crippen LogP contribution in [0, 0.1) is 0 Å². The van der Waals surface area contributed by atoms with Gasteiger partial charge in [-0.1, -0.05) is 25.5 Å². The van der Waals surface area contributed by atoms with Gasteiger partial charge in [-0.05, 0) is 25.5 Å². The first kappa shape index (κ1) is 14.3. The van der Waals surface area contributed by atoms with Gasteiger partial charge in [-0.2, -0.15) is 14.6 Å². The first-order valence-electron chi connectivity index (χ1n) is 7.50. The van der Waals surface area contributed by atoms with Crippen LogP contribution in [-0.2, 0) is 6.42 Å². The second-order valence-electron chi connectivity index (χ2n) is 4.91. The van der Waals surface area contributed by atoms with E-state index in [9.17, 15) is 0 Å². The zero-order valence-electron chi connectivity index (χ0n) is 12.8. The van der Waals surface area contributed by atoms with Crippen LogP contribution in [0.1, 0.15) is 26.0 Å². The number of aromatic nitrogens is 4. The van der Waals surface area contributed by atoms with E-state index in [0.717, 1.165) is 35.8 Å². The van der Waals surface area contributed by atoms with E-state index in [-0.39, 0.29) is 0 Å². The maximum absolute atomic E-state index is 5.66. The first-order chi connectivity index (χ1) is 10.8. The number of benzene rings is 1. The summed E-state index contributed by atoms with van der Waals surface area (Å²) in [6, 6.07) is 9.86. The minimum Gasteiger partial charge on any atom is -0.492 e. The highest BCUT2D eigenvalue weighted by molar-refractivity contribution is 5.65. The normalized spacial score (nSPS) is 10.8. The van der Waals surface area contributed by atoms with E-state index in [2.05, 4.69) is 27.3 Å². The lowest BCUT2D eigenvalue weighted by Crippen LogP contribution is -2.05. The summed E-state index contributed by atoms with van der Waals surface area (Å²) >= 11 is 0.